The van der Waals surface area contributed by atoms with Crippen molar-refractivity contribution in [3.05, 3.63) is 46.8 Å². The molecule has 6 heteroatoms. The number of aryl methyl sites for hydroxylation is 1. The van der Waals surface area contributed by atoms with Gasteiger partial charge >= 0.3 is 0 Å². The molecule has 1 saturated heterocycles. The first-order valence-electron chi connectivity index (χ1n) is 10.2. The number of nitrogens with zero attached hydrogens (tertiary/aromatic N) is 1. The molecule has 1 aliphatic heterocycles. The molecule has 1 heterocycles. The van der Waals surface area contributed by atoms with E-state index in [1.807, 2.05) is 13.1 Å². The average Bonchev–Trinajstić information content (AvgIpc) is 2.95. The van der Waals surface area contributed by atoms with Gasteiger partial charge in [-0.05, 0) is 76.8 Å². The van der Waals surface area contributed by atoms with Gasteiger partial charge < -0.3 is 26.8 Å². The molecule has 1 aromatic carbocycles. The van der Waals surface area contributed by atoms with Crippen LogP contribution in [0.25, 0.3) is 5.70 Å². The van der Waals surface area contributed by atoms with E-state index in [1.54, 1.807) is 12.2 Å². The number of nitrogens with two attached hydrogens (primary N) is 2. The quantitative estimate of drug-likeness (QED) is 0.582. The third-order valence-electron chi connectivity index (χ3n) is 6.01. The van der Waals surface area contributed by atoms with E-state index < -0.39 is 0 Å². The molecule has 0 saturated carbocycles. The van der Waals surface area contributed by atoms with E-state index >= 15 is 0 Å². The first kappa shape index (κ1) is 21.2. The van der Waals surface area contributed by atoms with Gasteiger partial charge in [0.05, 0.1) is 5.82 Å². The number of rotatable bonds is 4. The Morgan fingerprint density at radius 2 is 1.76 bits per heavy atom. The molecule has 1 aliphatic carbocycles. The Morgan fingerprint density at radius 1 is 1.14 bits per heavy atom. The molecule has 0 spiro atoms. The van der Waals surface area contributed by atoms with Crippen LogP contribution >= 0.6 is 0 Å². The van der Waals surface area contributed by atoms with Crippen molar-refractivity contribution >= 4 is 11.5 Å². The van der Waals surface area contributed by atoms with E-state index in [0.717, 1.165) is 18.4 Å². The zero-order valence-electron chi connectivity index (χ0n) is 18.2. The second-order valence-electron chi connectivity index (χ2n) is 9.73. The molecule has 6 N–H and O–H groups in total. The molecule has 3 rings (SSSR count). The zero-order chi connectivity index (χ0) is 21.6. The molecule has 0 amide bonds. The van der Waals surface area contributed by atoms with Crippen molar-refractivity contribution in [1.29, 1.82) is 0 Å². The monoisotopic (exact) mass is 398 g/mol. The van der Waals surface area contributed by atoms with Crippen LogP contribution in [0.2, 0.25) is 0 Å². The number of phenolic OH excluding ortho intramolecular Hbond substituents is 1. The molecule has 1 fully saturated rings. The second kappa shape index (κ2) is 7.41. The summed E-state index contributed by atoms with van der Waals surface area (Å²) in [6.45, 7) is 8.86. The van der Waals surface area contributed by atoms with Crippen LogP contribution in [-0.2, 0) is 6.42 Å². The molecule has 1 aromatic rings. The third kappa shape index (κ3) is 4.58. The van der Waals surface area contributed by atoms with Gasteiger partial charge in [0, 0.05) is 47.4 Å². The fraction of sp³-hybridized carbons (Fsp3) is 0.522. The first-order valence-corrected chi connectivity index (χ1v) is 10.2. The van der Waals surface area contributed by atoms with Crippen LogP contribution in [0, 0.1) is 0 Å². The Hall–Kier alpha value is -2.47. The van der Waals surface area contributed by atoms with Crippen molar-refractivity contribution in [1.82, 2.24) is 10.2 Å². The van der Waals surface area contributed by atoms with Crippen molar-refractivity contribution in [2.75, 3.05) is 7.05 Å². The van der Waals surface area contributed by atoms with Gasteiger partial charge in [0.25, 0.3) is 0 Å². The van der Waals surface area contributed by atoms with Crippen molar-refractivity contribution in [3.8, 4) is 5.75 Å². The summed E-state index contributed by atoms with van der Waals surface area (Å²) in [5, 5.41) is 14.0. The maximum Gasteiger partial charge on any atom is 0.163 e. The van der Waals surface area contributed by atoms with E-state index in [0.29, 0.717) is 41.5 Å². The van der Waals surface area contributed by atoms with Gasteiger partial charge in [0.2, 0.25) is 0 Å². The van der Waals surface area contributed by atoms with Gasteiger partial charge in [-0.3, -0.25) is 4.79 Å². The van der Waals surface area contributed by atoms with E-state index in [1.165, 1.54) is 6.07 Å². The minimum absolute atomic E-state index is 0.0231. The predicted octanol–water partition coefficient (Wildman–Crippen LogP) is 2.86. The molecule has 0 atom stereocenters. The fourth-order valence-corrected chi connectivity index (χ4v) is 4.85. The number of nitrogens with one attached hydrogen (secondary N) is 1. The van der Waals surface area contributed by atoms with Gasteiger partial charge in [0.15, 0.2) is 5.78 Å². The lowest BCUT2D eigenvalue weighted by Crippen LogP contribution is -2.61. The summed E-state index contributed by atoms with van der Waals surface area (Å²) < 4.78 is 0. The van der Waals surface area contributed by atoms with E-state index in [2.05, 4.69) is 37.9 Å². The lowest BCUT2D eigenvalue weighted by atomic mass is 9.79. The summed E-state index contributed by atoms with van der Waals surface area (Å²) in [7, 11) is 2.01. The highest BCUT2D eigenvalue weighted by Gasteiger charge is 2.39. The maximum atomic E-state index is 11.8. The Kier molecular flexibility index (Phi) is 5.43. The molecular formula is C23H34N4O2. The van der Waals surface area contributed by atoms with Gasteiger partial charge in [-0.1, -0.05) is 0 Å². The third-order valence-corrected chi connectivity index (χ3v) is 6.01. The number of piperidine rings is 1. The Morgan fingerprint density at radius 3 is 2.38 bits per heavy atom. The van der Waals surface area contributed by atoms with Crippen LogP contribution in [0.15, 0.2) is 30.1 Å². The number of aromatic hydroxyl groups is 1. The van der Waals surface area contributed by atoms with Gasteiger partial charge in [0.1, 0.15) is 5.75 Å². The number of phenols is 1. The summed E-state index contributed by atoms with van der Waals surface area (Å²) in [5.74, 6) is 0.722. The Labute approximate surface area is 173 Å². The summed E-state index contributed by atoms with van der Waals surface area (Å²) >= 11 is 0. The lowest BCUT2D eigenvalue weighted by molar-refractivity contribution is 0.0979. The number of benzene rings is 1. The maximum absolute atomic E-state index is 11.8. The van der Waals surface area contributed by atoms with Gasteiger partial charge in [-0.25, -0.2) is 0 Å². The number of allylic oxidation sites excluding steroid dienone is 2. The average molecular weight is 399 g/mol. The molecule has 0 aromatic heterocycles. The summed E-state index contributed by atoms with van der Waals surface area (Å²) in [4.78, 5) is 13.9. The lowest BCUT2D eigenvalue weighted by Gasteiger charge is -2.49. The second-order valence-corrected chi connectivity index (χ2v) is 9.73. The summed E-state index contributed by atoms with van der Waals surface area (Å²) in [6, 6.07) is 3.65. The van der Waals surface area contributed by atoms with Crippen molar-refractivity contribution in [2.45, 2.75) is 70.5 Å². The molecule has 158 valence electrons. The van der Waals surface area contributed by atoms with Crippen molar-refractivity contribution < 1.29 is 9.90 Å². The summed E-state index contributed by atoms with van der Waals surface area (Å²) in [6.07, 6.45) is 6.66. The molecule has 0 bridgehead atoms. The number of ketones is 1. The number of Topliss-reactive ketones (excluding diaryl/α,β-unsaturated/α-hetero) is 1. The van der Waals surface area contributed by atoms with Crippen LogP contribution in [0.3, 0.4) is 0 Å². The molecule has 0 radical (unpaired) electrons. The Bertz CT molecular complexity index is 867. The largest absolute Gasteiger partial charge is 0.507 e. The standard InChI is InChI=1S/C23H34N4O2/c1-22(2)12-15(13-23(3,4)26-22)27(5)21(25)9-7-18(24)17-10-14-6-8-19(28)16(14)11-20(17)29/h7,9-11,15,26,29H,6,8,12-13,24-25H2,1-5H3/b18-7-,21-9+. The fourth-order valence-electron chi connectivity index (χ4n) is 4.85. The van der Waals surface area contributed by atoms with E-state index in [9.17, 15) is 9.90 Å². The minimum Gasteiger partial charge on any atom is -0.507 e. The highest BCUT2D eigenvalue weighted by Crippen LogP contribution is 2.33. The van der Waals surface area contributed by atoms with Gasteiger partial charge in [-0.2, -0.15) is 0 Å². The van der Waals surface area contributed by atoms with Gasteiger partial charge in [-0.15, -0.1) is 0 Å². The first-order chi connectivity index (χ1) is 13.4. The van der Waals surface area contributed by atoms with Crippen molar-refractivity contribution in [2.24, 2.45) is 11.5 Å². The highest BCUT2D eigenvalue weighted by molar-refractivity contribution is 6.01. The molecule has 29 heavy (non-hydrogen) atoms. The number of hydrogen-bond donors (Lipinski definition) is 4. The predicted molar refractivity (Wildman–Crippen MR) is 117 cm³/mol. The summed E-state index contributed by atoms with van der Waals surface area (Å²) in [5.41, 5.74) is 15.1. The number of hydrogen-bond acceptors (Lipinski definition) is 6. The van der Waals surface area contributed by atoms with Crippen LogP contribution in [-0.4, -0.2) is 40.0 Å². The SMILES string of the molecule is CN(/C(N)=C/C=C(\N)c1cc2c(cc1O)C(=O)CC2)C1CC(C)(C)NC(C)(C)C1. The Balaban J connectivity index is 1.79. The van der Waals surface area contributed by atoms with Crippen LogP contribution < -0.4 is 16.8 Å². The zero-order valence-corrected chi connectivity index (χ0v) is 18.2. The smallest absolute Gasteiger partial charge is 0.163 e. The molecule has 2 aliphatic rings. The number of carbonyl (C=O) groups excluding carboxylic acids is 1. The minimum atomic E-state index is 0.0231. The van der Waals surface area contributed by atoms with E-state index in [4.69, 9.17) is 11.5 Å². The number of fused-ring (bicyclic) bond motifs is 1. The van der Waals surface area contributed by atoms with Crippen LogP contribution in [0.1, 0.15) is 68.4 Å². The highest BCUT2D eigenvalue weighted by atomic mass is 16.3. The molecular weight excluding hydrogens is 364 g/mol. The number of carbonyl (C=O) groups is 1. The van der Waals surface area contributed by atoms with E-state index in [-0.39, 0.29) is 22.6 Å². The normalized spacial score (nSPS) is 21.9. The molecule has 6 nitrogen and oxygen atoms in total. The van der Waals surface area contributed by atoms with Crippen LogP contribution in [0.4, 0.5) is 0 Å². The van der Waals surface area contributed by atoms with Crippen LogP contribution in [0.5, 0.6) is 5.75 Å². The topological polar surface area (TPSA) is 105 Å². The molecule has 0 unspecified atom stereocenters. The van der Waals surface area contributed by atoms with Crippen molar-refractivity contribution in [3.63, 3.8) is 0 Å².